The van der Waals surface area contributed by atoms with E-state index in [1.165, 1.54) is 0 Å². The molecule has 4 aromatic rings. The molecule has 0 N–H and O–H groups in total. The Balaban J connectivity index is 1.70. The predicted molar refractivity (Wildman–Crippen MR) is 108 cm³/mol. The second-order valence-corrected chi connectivity index (χ2v) is 6.78. The lowest BCUT2D eigenvalue weighted by Gasteiger charge is -2.09. The lowest BCUT2D eigenvalue weighted by atomic mass is 10.0. The van der Waals surface area contributed by atoms with Gasteiger partial charge >= 0.3 is 0 Å². The van der Waals surface area contributed by atoms with Crippen molar-refractivity contribution in [3.8, 4) is 17.1 Å². The molecule has 0 saturated heterocycles. The van der Waals surface area contributed by atoms with Crippen LogP contribution in [0.3, 0.4) is 0 Å². The molecule has 0 bridgehead atoms. The molecule has 0 aliphatic heterocycles. The van der Waals surface area contributed by atoms with Crippen molar-refractivity contribution in [3.63, 3.8) is 0 Å². The second kappa shape index (κ2) is 7.12. The van der Waals surface area contributed by atoms with Crippen LogP contribution in [0.1, 0.15) is 16.7 Å². The molecule has 0 saturated carbocycles. The lowest BCUT2D eigenvalue weighted by Crippen LogP contribution is -2.01. The van der Waals surface area contributed by atoms with Crippen LogP contribution >= 0.6 is 0 Å². The highest BCUT2D eigenvalue weighted by molar-refractivity contribution is 5.80. The summed E-state index contributed by atoms with van der Waals surface area (Å²) < 4.78 is 11.9. The summed E-state index contributed by atoms with van der Waals surface area (Å²) in [6, 6.07) is 23.0. The first-order valence-corrected chi connectivity index (χ1v) is 8.92. The minimum atomic E-state index is -0.0555. The van der Waals surface area contributed by atoms with E-state index in [4.69, 9.17) is 9.15 Å². The molecule has 0 radical (unpaired) electrons. The average molecular weight is 356 g/mol. The fourth-order valence-corrected chi connectivity index (χ4v) is 3.23. The third-order valence-corrected chi connectivity index (χ3v) is 4.46. The lowest BCUT2D eigenvalue weighted by molar-refractivity contribution is 0.306. The molecule has 134 valence electrons. The molecule has 4 rings (SSSR count). The van der Waals surface area contributed by atoms with E-state index in [-0.39, 0.29) is 5.43 Å². The molecular formula is C24H20O3. The van der Waals surface area contributed by atoms with E-state index >= 15 is 0 Å². The molecule has 0 atom stereocenters. The van der Waals surface area contributed by atoms with Crippen molar-refractivity contribution >= 4 is 11.0 Å². The minimum absolute atomic E-state index is 0.0555. The van der Waals surface area contributed by atoms with E-state index < -0.39 is 0 Å². The largest absolute Gasteiger partial charge is 0.489 e. The molecular weight excluding hydrogens is 336 g/mol. The average Bonchev–Trinajstić information content (AvgIpc) is 2.66. The van der Waals surface area contributed by atoms with E-state index in [9.17, 15) is 4.79 Å². The van der Waals surface area contributed by atoms with Crippen LogP contribution < -0.4 is 10.2 Å². The van der Waals surface area contributed by atoms with Gasteiger partial charge in [0, 0.05) is 17.7 Å². The number of ether oxygens (including phenoxy) is 1. The van der Waals surface area contributed by atoms with E-state index in [0.717, 1.165) is 22.3 Å². The Kier molecular flexibility index (Phi) is 4.51. The molecule has 0 fully saturated rings. The SMILES string of the molecule is Cc1cc(C)cc(-c2cc(=O)c3ccc(OCc4ccccc4)cc3o2)c1. The van der Waals surface area contributed by atoms with Gasteiger partial charge in [-0.25, -0.2) is 0 Å². The van der Waals surface area contributed by atoms with Crippen molar-refractivity contribution in [3.05, 3.63) is 99.7 Å². The van der Waals surface area contributed by atoms with Crippen molar-refractivity contribution in [2.24, 2.45) is 0 Å². The summed E-state index contributed by atoms with van der Waals surface area (Å²) in [5.41, 5.74) is 4.73. The number of hydrogen-bond acceptors (Lipinski definition) is 3. The zero-order valence-corrected chi connectivity index (χ0v) is 15.4. The fraction of sp³-hybridized carbons (Fsp3) is 0.125. The highest BCUT2D eigenvalue weighted by Gasteiger charge is 2.09. The van der Waals surface area contributed by atoms with Gasteiger partial charge in [-0.15, -0.1) is 0 Å². The van der Waals surface area contributed by atoms with Crippen molar-refractivity contribution in [2.75, 3.05) is 0 Å². The molecule has 0 amide bonds. The van der Waals surface area contributed by atoms with Crippen molar-refractivity contribution in [1.82, 2.24) is 0 Å². The molecule has 1 heterocycles. The quantitative estimate of drug-likeness (QED) is 0.474. The zero-order valence-electron chi connectivity index (χ0n) is 15.4. The van der Waals surface area contributed by atoms with Crippen molar-refractivity contribution < 1.29 is 9.15 Å². The van der Waals surface area contributed by atoms with Gasteiger partial charge in [-0.1, -0.05) is 47.5 Å². The molecule has 3 aromatic carbocycles. The molecule has 3 nitrogen and oxygen atoms in total. The minimum Gasteiger partial charge on any atom is -0.489 e. The summed E-state index contributed by atoms with van der Waals surface area (Å²) in [4.78, 5) is 12.5. The molecule has 0 unspecified atom stereocenters. The second-order valence-electron chi connectivity index (χ2n) is 6.78. The van der Waals surface area contributed by atoms with Crippen molar-refractivity contribution in [2.45, 2.75) is 20.5 Å². The van der Waals surface area contributed by atoms with Crippen molar-refractivity contribution in [1.29, 1.82) is 0 Å². The first kappa shape index (κ1) is 17.1. The van der Waals surface area contributed by atoms with Crippen LogP contribution in [0.4, 0.5) is 0 Å². The van der Waals surface area contributed by atoms with Gasteiger partial charge in [0.25, 0.3) is 0 Å². The van der Waals surface area contributed by atoms with E-state index in [0.29, 0.717) is 29.1 Å². The molecule has 0 aliphatic carbocycles. The first-order valence-electron chi connectivity index (χ1n) is 8.92. The van der Waals surface area contributed by atoms with Gasteiger partial charge in [-0.05, 0) is 43.7 Å². The van der Waals surface area contributed by atoms with Crippen LogP contribution in [-0.2, 0) is 6.61 Å². The van der Waals surface area contributed by atoms with E-state index in [1.807, 2.05) is 56.3 Å². The highest BCUT2D eigenvalue weighted by atomic mass is 16.5. The summed E-state index contributed by atoms with van der Waals surface area (Å²) in [6.45, 7) is 4.53. The monoisotopic (exact) mass is 356 g/mol. The smallest absolute Gasteiger partial charge is 0.193 e. The van der Waals surface area contributed by atoms with Crippen LogP contribution in [0.5, 0.6) is 5.75 Å². The summed E-state index contributed by atoms with van der Waals surface area (Å²) in [5, 5.41) is 0.551. The summed E-state index contributed by atoms with van der Waals surface area (Å²) in [6.07, 6.45) is 0. The summed E-state index contributed by atoms with van der Waals surface area (Å²) in [5.74, 6) is 1.24. The molecule has 0 spiro atoms. The van der Waals surface area contributed by atoms with Gasteiger partial charge in [0.15, 0.2) is 5.43 Å². The molecule has 1 aromatic heterocycles. The molecule has 3 heteroatoms. The maximum Gasteiger partial charge on any atom is 0.193 e. The Hall–Kier alpha value is -3.33. The highest BCUT2D eigenvalue weighted by Crippen LogP contribution is 2.26. The Morgan fingerprint density at radius 2 is 1.59 bits per heavy atom. The Morgan fingerprint density at radius 1 is 0.852 bits per heavy atom. The van der Waals surface area contributed by atoms with Gasteiger partial charge in [-0.2, -0.15) is 0 Å². The maximum absolute atomic E-state index is 12.5. The molecule has 27 heavy (non-hydrogen) atoms. The standard InChI is InChI=1S/C24H20O3/c1-16-10-17(2)12-19(11-16)23-14-22(25)21-9-8-20(13-24(21)27-23)26-15-18-6-4-3-5-7-18/h3-14H,15H2,1-2H3. The van der Waals surface area contributed by atoms with Crippen LogP contribution in [0, 0.1) is 13.8 Å². The first-order chi connectivity index (χ1) is 13.1. The van der Waals surface area contributed by atoms with Gasteiger partial charge in [0.1, 0.15) is 23.7 Å². The normalized spacial score (nSPS) is 10.9. The van der Waals surface area contributed by atoms with Gasteiger partial charge in [0.2, 0.25) is 0 Å². The zero-order chi connectivity index (χ0) is 18.8. The number of fused-ring (bicyclic) bond motifs is 1. The van der Waals surface area contributed by atoms with Gasteiger partial charge in [-0.3, -0.25) is 4.79 Å². The predicted octanol–water partition coefficient (Wildman–Crippen LogP) is 5.66. The van der Waals surface area contributed by atoms with Crippen LogP contribution in [0.25, 0.3) is 22.3 Å². The third kappa shape index (κ3) is 3.77. The summed E-state index contributed by atoms with van der Waals surface area (Å²) >= 11 is 0. The Morgan fingerprint density at radius 3 is 2.33 bits per heavy atom. The van der Waals surface area contributed by atoms with E-state index in [1.54, 1.807) is 24.3 Å². The number of hydrogen-bond donors (Lipinski definition) is 0. The van der Waals surface area contributed by atoms with Crippen LogP contribution in [0.2, 0.25) is 0 Å². The topological polar surface area (TPSA) is 39.4 Å². The van der Waals surface area contributed by atoms with Gasteiger partial charge < -0.3 is 9.15 Å². The van der Waals surface area contributed by atoms with Gasteiger partial charge in [0.05, 0.1) is 5.39 Å². The van der Waals surface area contributed by atoms with E-state index in [2.05, 4.69) is 6.07 Å². The van der Waals surface area contributed by atoms with Crippen LogP contribution in [0.15, 0.2) is 82.0 Å². The Bertz CT molecular complexity index is 1140. The third-order valence-electron chi connectivity index (χ3n) is 4.46. The Labute approximate surface area is 157 Å². The number of aryl methyl sites for hydroxylation is 2. The molecule has 0 aliphatic rings. The summed E-state index contributed by atoms with van der Waals surface area (Å²) in [7, 11) is 0. The number of rotatable bonds is 4. The number of benzene rings is 3. The van der Waals surface area contributed by atoms with Crippen LogP contribution in [-0.4, -0.2) is 0 Å². The fourth-order valence-electron chi connectivity index (χ4n) is 3.23. The maximum atomic E-state index is 12.5.